The Bertz CT molecular complexity index is 925. The number of para-hydroxylation sites is 1. The first-order chi connectivity index (χ1) is 14.3. The molecule has 0 saturated carbocycles. The molecule has 4 aliphatic heterocycles. The lowest BCUT2D eigenvalue weighted by Gasteiger charge is -2.45. The van der Waals surface area contributed by atoms with Crippen LogP contribution in [0.2, 0.25) is 0 Å². The fourth-order valence-electron chi connectivity index (χ4n) is 6.30. The third kappa shape index (κ3) is 2.92. The first kappa shape index (κ1) is 17.7. The molecule has 1 N–H and O–H groups in total. The zero-order valence-electron chi connectivity index (χ0n) is 16.9. The Morgan fingerprint density at radius 3 is 2.41 bits per heavy atom. The summed E-state index contributed by atoms with van der Waals surface area (Å²) in [7, 11) is 0. The van der Waals surface area contributed by atoms with E-state index in [9.17, 15) is 4.79 Å². The highest BCUT2D eigenvalue weighted by molar-refractivity contribution is 5.81. The van der Waals surface area contributed by atoms with Gasteiger partial charge in [-0.25, -0.2) is 4.90 Å². The van der Waals surface area contributed by atoms with Gasteiger partial charge in [0.25, 0.3) is 0 Å². The number of hydrogen-bond donors (Lipinski definition) is 1. The molecular weight excluding hydrogens is 358 g/mol. The van der Waals surface area contributed by atoms with Crippen molar-refractivity contribution in [1.29, 1.82) is 0 Å². The van der Waals surface area contributed by atoms with Crippen molar-refractivity contribution in [3.63, 3.8) is 0 Å². The van der Waals surface area contributed by atoms with Crippen LogP contribution in [0, 0.1) is 0 Å². The summed E-state index contributed by atoms with van der Waals surface area (Å²) in [6, 6.07) is 18.6. The first-order valence-electron chi connectivity index (χ1n) is 11.2. The number of anilines is 1. The van der Waals surface area contributed by atoms with Crippen LogP contribution in [-0.4, -0.2) is 35.5 Å². The molecule has 0 aromatic heterocycles. The number of nitrogens with one attached hydrogen (secondary N) is 1. The number of fused-ring (bicyclic) bond motifs is 4. The second-order valence-corrected chi connectivity index (χ2v) is 9.20. The molecule has 2 aromatic carbocycles. The minimum Gasteiger partial charge on any atom is -0.369 e. The Kier molecular flexibility index (Phi) is 4.24. The van der Waals surface area contributed by atoms with E-state index in [1.165, 1.54) is 35.2 Å². The van der Waals surface area contributed by atoms with Gasteiger partial charge in [0, 0.05) is 30.6 Å². The number of ketones is 1. The summed E-state index contributed by atoms with van der Waals surface area (Å²) in [5, 5.41) is 3.86. The highest BCUT2D eigenvalue weighted by atomic mass is 16.1. The second kappa shape index (κ2) is 6.96. The van der Waals surface area contributed by atoms with Crippen LogP contribution < -0.4 is 10.2 Å². The van der Waals surface area contributed by atoms with Crippen molar-refractivity contribution in [3.8, 4) is 0 Å². The van der Waals surface area contributed by atoms with Gasteiger partial charge in [0.1, 0.15) is 17.9 Å². The lowest BCUT2D eigenvalue weighted by Crippen LogP contribution is -2.60. The van der Waals surface area contributed by atoms with Crippen molar-refractivity contribution < 1.29 is 4.79 Å². The molecule has 2 bridgehead atoms. The molecule has 2 fully saturated rings. The molecule has 4 atom stereocenters. The Morgan fingerprint density at radius 2 is 1.59 bits per heavy atom. The standard InChI is InChI=1S/C25H29N3O/c29-21-15-19-10-11-20(16-21)28(19)25-22-7-3-1-5-17(22)13-14-27(25)24-12-9-18-6-2-4-8-23(18)26-24/h1-8,19-20,24-26H,9-16H2/q+1. The average molecular weight is 388 g/mol. The number of Topliss-reactive ketones (excluding diaryl/α,β-unsaturated/α-hetero) is 1. The zero-order chi connectivity index (χ0) is 19.4. The largest absolute Gasteiger partial charge is 0.369 e. The third-order valence-electron chi connectivity index (χ3n) is 7.60. The van der Waals surface area contributed by atoms with Crippen LogP contribution in [0.4, 0.5) is 5.69 Å². The molecule has 1 radical (unpaired) electrons. The molecule has 0 spiro atoms. The summed E-state index contributed by atoms with van der Waals surface area (Å²) < 4.78 is 0. The second-order valence-electron chi connectivity index (χ2n) is 9.20. The van der Waals surface area contributed by atoms with Gasteiger partial charge >= 0.3 is 0 Å². The summed E-state index contributed by atoms with van der Waals surface area (Å²) in [6.45, 7) is 1.07. The molecule has 0 amide bonds. The van der Waals surface area contributed by atoms with Gasteiger partial charge in [-0.2, -0.15) is 0 Å². The van der Waals surface area contributed by atoms with Gasteiger partial charge in [-0.05, 0) is 36.5 Å². The van der Waals surface area contributed by atoms with E-state index in [2.05, 4.69) is 63.6 Å². The Labute approximate surface area is 172 Å². The number of nitrogens with zero attached hydrogens (tertiary/aromatic N) is 2. The maximum absolute atomic E-state index is 12.3. The van der Waals surface area contributed by atoms with E-state index in [1.54, 1.807) is 0 Å². The Balaban J connectivity index is 1.38. The van der Waals surface area contributed by atoms with Gasteiger partial charge in [0.2, 0.25) is 6.17 Å². The summed E-state index contributed by atoms with van der Waals surface area (Å²) >= 11 is 0. The minimum atomic E-state index is 0.285. The quantitative estimate of drug-likeness (QED) is 0.793. The van der Waals surface area contributed by atoms with E-state index in [0.717, 1.165) is 38.6 Å². The van der Waals surface area contributed by atoms with Crippen LogP contribution >= 0.6 is 0 Å². The molecule has 4 aliphatic rings. The summed E-state index contributed by atoms with van der Waals surface area (Å²) in [5.41, 5.74) is 5.67. The van der Waals surface area contributed by atoms with E-state index >= 15 is 0 Å². The van der Waals surface area contributed by atoms with Crippen molar-refractivity contribution in [2.45, 2.75) is 69.4 Å². The van der Waals surface area contributed by atoms with Crippen LogP contribution in [0.3, 0.4) is 0 Å². The third-order valence-corrected chi connectivity index (χ3v) is 7.60. The molecule has 4 unspecified atom stereocenters. The smallest absolute Gasteiger partial charge is 0.217 e. The number of carbonyl (C=O) groups is 1. The zero-order valence-corrected chi connectivity index (χ0v) is 16.9. The van der Waals surface area contributed by atoms with E-state index in [-0.39, 0.29) is 6.17 Å². The molecule has 29 heavy (non-hydrogen) atoms. The topological polar surface area (TPSA) is 38.2 Å². The molecule has 4 heteroatoms. The monoisotopic (exact) mass is 387 g/mol. The van der Waals surface area contributed by atoms with Gasteiger partial charge in [0.15, 0.2) is 0 Å². The van der Waals surface area contributed by atoms with Crippen LogP contribution in [-0.2, 0) is 17.6 Å². The predicted molar refractivity (Wildman–Crippen MR) is 115 cm³/mol. The van der Waals surface area contributed by atoms with Gasteiger partial charge in [-0.1, -0.05) is 42.5 Å². The maximum Gasteiger partial charge on any atom is 0.217 e. The van der Waals surface area contributed by atoms with Crippen LogP contribution in [0.1, 0.15) is 55.0 Å². The summed E-state index contributed by atoms with van der Waals surface area (Å²) in [4.78, 5) is 17.7. The molecule has 6 rings (SSSR count). The van der Waals surface area contributed by atoms with Crippen molar-refractivity contribution in [2.75, 3.05) is 11.9 Å². The first-order valence-corrected chi connectivity index (χ1v) is 11.2. The van der Waals surface area contributed by atoms with E-state index in [4.69, 9.17) is 0 Å². The predicted octanol–water partition coefficient (Wildman–Crippen LogP) is 3.96. The molecule has 4 nitrogen and oxygen atoms in total. The highest BCUT2D eigenvalue weighted by Gasteiger charge is 2.56. The SMILES string of the molecule is O=C1CC2CCC(C1)[N+]2C1c2ccccc2CCN1C1CCc2ccccc2N1. The van der Waals surface area contributed by atoms with Gasteiger partial charge < -0.3 is 5.32 Å². The van der Waals surface area contributed by atoms with Crippen LogP contribution in [0.5, 0.6) is 0 Å². The molecule has 149 valence electrons. The Hall–Kier alpha value is -2.17. The normalized spacial score (nSPS) is 31.8. The number of benzene rings is 2. The number of rotatable bonds is 2. The molecule has 0 aliphatic carbocycles. The number of carbonyl (C=O) groups excluding carboxylic acids is 1. The van der Waals surface area contributed by atoms with Crippen molar-refractivity contribution in [3.05, 3.63) is 65.2 Å². The van der Waals surface area contributed by atoms with Gasteiger partial charge in [-0.3, -0.25) is 4.79 Å². The highest BCUT2D eigenvalue weighted by Crippen LogP contribution is 2.43. The summed E-state index contributed by atoms with van der Waals surface area (Å²) in [6.07, 6.45) is 7.83. The van der Waals surface area contributed by atoms with Gasteiger partial charge in [0.05, 0.1) is 19.0 Å². The average Bonchev–Trinajstić information content (AvgIpc) is 3.02. The van der Waals surface area contributed by atoms with Crippen molar-refractivity contribution in [2.24, 2.45) is 0 Å². The number of hydrogen-bond acceptors (Lipinski definition) is 4. The van der Waals surface area contributed by atoms with Crippen molar-refractivity contribution >= 4 is 11.5 Å². The van der Waals surface area contributed by atoms with Gasteiger partial charge in [-0.15, -0.1) is 4.90 Å². The fraction of sp³-hybridized carbons (Fsp3) is 0.480. The number of piperidine rings is 1. The minimum absolute atomic E-state index is 0.285. The Morgan fingerprint density at radius 1 is 0.862 bits per heavy atom. The maximum atomic E-state index is 12.3. The van der Waals surface area contributed by atoms with E-state index in [0.29, 0.717) is 24.0 Å². The van der Waals surface area contributed by atoms with Crippen LogP contribution in [0.25, 0.3) is 0 Å². The van der Waals surface area contributed by atoms with E-state index < -0.39 is 0 Å². The molecule has 2 aromatic rings. The molecule has 4 heterocycles. The number of aryl methyl sites for hydroxylation is 1. The lowest BCUT2D eigenvalue weighted by molar-refractivity contribution is -0.123. The summed E-state index contributed by atoms with van der Waals surface area (Å²) in [5.74, 6) is 0.467. The fourth-order valence-corrected chi connectivity index (χ4v) is 6.30. The van der Waals surface area contributed by atoms with Crippen LogP contribution in [0.15, 0.2) is 48.5 Å². The van der Waals surface area contributed by atoms with Crippen molar-refractivity contribution in [1.82, 2.24) is 9.80 Å². The molecule has 2 saturated heterocycles. The lowest BCUT2D eigenvalue weighted by atomic mass is 9.90. The van der Waals surface area contributed by atoms with E-state index in [1.807, 2.05) is 0 Å². The molecular formula is C25H29N3O+.